The lowest BCUT2D eigenvalue weighted by Gasteiger charge is -2.42. The van der Waals surface area contributed by atoms with Crippen LogP contribution in [0.5, 0.6) is 0 Å². The van der Waals surface area contributed by atoms with E-state index < -0.39 is 0 Å². The van der Waals surface area contributed by atoms with Crippen molar-refractivity contribution >= 4 is 70.4 Å². The second-order valence-electron chi connectivity index (χ2n) is 14.3. The molecule has 0 spiro atoms. The van der Waals surface area contributed by atoms with Crippen LogP contribution >= 0.6 is 11.3 Å². The minimum Gasteiger partial charge on any atom is -0.310 e. The van der Waals surface area contributed by atoms with Gasteiger partial charge in [0.15, 0.2) is 0 Å². The number of anilines is 3. The molecule has 0 saturated heterocycles. The van der Waals surface area contributed by atoms with Crippen LogP contribution in [-0.4, -0.2) is 4.57 Å². The molecule has 1 aliphatic heterocycles. The minimum atomic E-state index is -0.0757. The molecule has 8 aromatic rings. The van der Waals surface area contributed by atoms with Crippen LogP contribution in [0.3, 0.4) is 0 Å². The van der Waals surface area contributed by atoms with Crippen molar-refractivity contribution in [3.05, 3.63) is 144 Å². The summed E-state index contributed by atoms with van der Waals surface area (Å²) in [6.07, 6.45) is 0. The topological polar surface area (TPSA) is 8.17 Å². The number of hydrogen-bond donors (Lipinski definition) is 0. The Bertz CT molecular complexity index is 2450. The molecule has 0 saturated carbocycles. The van der Waals surface area contributed by atoms with E-state index in [2.05, 4.69) is 171 Å². The van der Waals surface area contributed by atoms with Crippen LogP contribution in [0.25, 0.3) is 47.7 Å². The average Bonchev–Trinajstić information content (AvgIpc) is 3.59. The third kappa shape index (κ3) is 3.88. The van der Waals surface area contributed by atoms with Crippen molar-refractivity contribution in [2.24, 2.45) is 0 Å². The number of benzene rings is 6. The number of thiophene rings is 1. The van der Waals surface area contributed by atoms with Gasteiger partial charge < -0.3 is 9.47 Å². The second kappa shape index (κ2) is 9.57. The number of fused-ring (bicyclic) bond motifs is 8. The van der Waals surface area contributed by atoms with Crippen LogP contribution in [-0.2, 0) is 10.8 Å². The molecule has 0 N–H and O–H groups in total. The normalized spacial score (nSPS) is 14.3. The number of hydrogen-bond acceptors (Lipinski definition) is 2. The molecular formula is C43H36N2S. The highest BCUT2D eigenvalue weighted by atomic mass is 32.1. The minimum absolute atomic E-state index is 0.0757. The van der Waals surface area contributed by atoms with Gasteiger partial charge in [-0.15, -0.1) is 11.3 Å². The summed E-state index contributed by atoms with van der Waals surface area (Å²) in [7, 11) is 0. The summed E-state index contributed by atoms with van der Waals surface area (Å²) >= 11 is 1.88. The van der Waals surface area contributed by atoms with Crippen molar-refractivity contribution in [1.29, 1.82) is 0 Å². The van der Waals surface area contributed by atoms with Gasteiger partial charge in [0.05, 0.1) is 22.4 Å². The van der Waals surface area contributed by atoms with E-state index in [4.69, 9.17) is 0 Å². The zero-order valence-electron chi connectivity index (χ0n) is 26.9. The quantitative estimate of drug-likeness (QED) is 0.189. The van der Waals surface area contributed by atoms with Crippen LogP contribution in [0.2, 0.25) is 0 Å². The molecule has 0 bridgehead atoms. The second-order valence-corrected chi connectivity index (χ2v) is 15.4. The number of nitrogens with zero attached hydrogens (tertiary/aromatic N) is 2. The van der Waals surface area contributed by atoms with Gasteiger partial charge in [-0.3, -0.25) is 0 Å². The highest BCUT2D eigenvalue weighted by Crippen LogP contribution is 2.52. The Morgan fingerprint density at radius 2 is 1.09 bits per heavy atom. The first-order valence-electron chi connectivity index (χ1n) is 16.2. The van der Waals surface area contributed by atoms with Gasteiger partial charge in [-0.25, -0.2) is 0 Å². The van der Waals surface area contributed by atoms with Gasteiger partial charge in [-0.05, 0) is 88.8 Å². The predicted octanol–water partition coefficient (Wildman–Crippen LogP) is 12.6. The number of aromatic nitrogens is 1. The maximum atomic E-state index is 2.46. The Balaban J connectivity index is 1.26. The van der Waals surface area contributed by atoms with Crippen molar-refractivity contribution in [1.82, 2.24) is 4.57 Å². The van der Waals surface area contributed by atoms with E-state index in [1.54, 1.807) is 0 Å². The summed E-state index contributed by atoms with van der Waals surface area (Å²) in [4.78, 5) is 2.46. The molecule has 0 aliphatic carbocycles. The lowest BCUT2D eigenvalue weighted by Crippen LogP contribution is -2.30. The van der Waals surface area contributed by atoms with Gasteiger partial charge in [0.25, 0.3) is 0 Å². The third-order valence-electron chi connectivity index (χ3n) is 10.1. The Kier molecular flexibility index (Phi) is 5.71. The van der Waals surface area contributed by atoms with Gasteiger partial charge in [0.2, 0.25) is 0 Å². The molecule has 0 amide bonds. The number of rotatable bonds is 2. The molecule has 3 heteroatoms. The molecule has 9 rings (SSSR count). The fraction of sp³-hybridized carbons (Fsp3) is 0.163. The third-order valence-corrected chi connectivity index (χ3v) is 11.3. The molecule has 3 heterocycles. The molecule has 46 heavy (non-hydrogen) atoms. The molecule has 1 aliphatic rings. The fourth-order valence-electron chi connectivity index (χ4n) is 7.70. The first-order valence-corrected chi connectivity index (χ1v) is 17.0. The van der Waals surface area contributed by atoms with Gasteiger partial charge in [0.1, 0.15) is 0 Å². The van der Waals surface area contributed by atoms with Crippen molar-refractivity contribution in [3.8, 4) is 5.69 Å². The summed E-state index contributed by atoms with van der Waals surface area (Å²) in [6.45, 7) is 11.6. The van der Waals surface area contributed by atoms with Crippen molar-refractivity contribution in [2.75, 3.05) is 4.90 Å². The zero-order valence-corrected chi connectivity index (χ0v) is 27.7. The van der Waals surface area contributed by atoms with Crippen LogP contribution in [0.4, 0.5) is 17.1 Å². The Labute approximate surface area is 274 Å². The molecule has 0 unspecified atom stereocenters. The smallest absolute Gasteiger partial charge is 0.0541 e. The maximum Gasteiger partial charge on any atom is 0.0541 e. The lowest BCUT2D eigenvalue weighted by molar-refractivity contribution is 0.591. The van der Waals surface area contributed by atoms with Crippen LogP contribution in [0, 0.1) is 0 Å². The first-order chi connectivity index (χ1) is 22.2. The van der Waals surface area contributed by atoms with Gasteiger partial charge >= 0.3 is 0 Å². The van der Waals surface area contributed by atoms with Crippen molar-refractivity contribution < 1.29 is 0 Å². The summed E-state index contributed by atoms with van der Waals surface area (Å²) in [5.74, 6) is 0. The largest absolute Gasteiger partial charge is 0.310 e. The summed E-state index contributed by atoms with van der Waals surface area (Å²) < 4.78 is 5.07. The van der Waals surface area contributed by atoms with E-state index in [0.717, 1.165) is 0 Å². The van der Waals surface area contributed by atoms with Crippen LogP contribution in [0.1, 0.15) is 51.3 Å². The molecule has 224 valence electrons. The molecule has 2 nitrogen and oxygen atoms in total. The van der Waals surface area contributed by atoms with Gasteiger partial charge in [-0.2, -0.15) is 0 Å². The highest BCUT2D eigenvalue weighted by molar-refractivity contribution is 7.25. The molecule has 0 radical (unpaired) electrons. The van der Waals surface area contributed by atoms with Crippen molar-refractivity contribution in [3.63, 3.8) is 0 Å². The van der Waals surface area contributed by atoms with E-state index in [0.29, 0.717) is 0 Å². The lowest BCUT2D eigenvalue weighted by atomic mass is 9.73. The van der Waals surface area contributed by atoms with Gasteiger partial charge in [0, 0.05) is 47.7 Å². The SMILES string of the molecule is CC(C)(C)c1ccc2c(c1)c1ccccc1n2-c1ccc2sc3ccc(N4c5ccccc5C(C)(C)c5ccccc54)cc3c2c1. The summed E-state index contributed by atoms with van der Waals surface area (Å²) in [5, 5.41) is 5.21. The Morgan fingerprint density at radius 3 is 1.76 bits per heavy atom. The average molecular weight is 613 g/mol. The zero-order chi connectivity index (χ0) is 31.4. The predicted molar refractivity (Wildman–Crippen MR) is 199 cm³/mol. The molecular weight excluding hydrogens is 577 g/mol. The monoisotopic (exact) mass is 612 g/mol. The standard InChI is InChI=1S/C43H36N2S/c1-42(2,3)27-18-21-37-31(24-27)30-12-6-9-15-36(30)44(37)28-19-22-40-32(25-28)33-26-29(20-23-41(33)46-40)45-38-16-10-7-13-34(38)43(4,5)35-14-8-11-17-39(35)45/h6-26H,1-5H3. The number of para-hydroxylation sites is 3. The fourth-order valence-corrected chi connectivity index (χ4v) is 8.76. The van der Waals surface area contributed by atoms with Gasteiger partial charge in [-0.1, -0.05) is 95.3 Å². The van der Waals surface area contributed by atoms with Crippen molar-refractivity contribution in [2.45, 2.75) is 45.4 Å². The molecule has 0 fully saturated rings. The molecule has 0 atom stereocenters. The first kappa shape index (κ1) is 27.5. The Hall–Kier alpha value is -4.86. The summed E-state index contributed by atoms with van der Waals surface area (Å²) in [6, 6.07) is 47.7. The van der Waals surface area contributed by atoms with E-state index >= 15 is 0 Å². The van der Waals surface area contributed by atoms with E-state index in [-0.39, 0.29) is 10.8 Å². The summed E-state index contributed by atoms with van der Waals surface area (Å²) in [5.41, 5.74) is 11.5. The molecule has 6 aromatic carbocycles. The van der Waals surface area contributed by atoms with Crippen LogP contribution in [0.15, 0.2) is 127 Å². The van der Waals surface area contributed by atoms with E-state index in [1.807, 2.05) is 11.3 Å². The maximum absolute atomic E-state index is 2.46. The Morgan fingerprint density at radius 1 is 0.522 bits per heavy atom. The molecule has 2 aromatic heterocycles. The highest BCUT2D eigenvalue weighted by Gasteiger charge is 2.36. The van der Waals surface area contributed by atoms with E-state index in [9.17, 15) is 0 Å². The van der Waals surface area contributed by atoms with Crippen LogP contribution < -0.4 is 4.90 Å². The van der Waals surface area contributed by atoms with E-state index in [1.165, 1.54) is 81.4 Å².